The van der Waals surface area contributed by atoms with Crippen LogP contribution in [0.25, 0.3) is 0 Å². The second-order valence-electron chi connectivity index (χ2n) is 4.60. The molecule has 4 heteroatoms. The molecule has 0 radical (unpaired) electrons. The van der Waals surface area contributed by atoms with Gasteiger partial charge in [-0.1, -0.05) is 19.1 Å². The molecular formula is C16H20N2O2. The number of furan rings is 1. The van der Waals surface area contributed by atoms with Crippen molar-refractivity contribution in [2.75, 3.05) is 7.05 Å². The fourth-order valence-electron chi connectivity index (χ4n) is 1.96. The topological polar surface area (TPSA) is 54.3 Å². The molecule has 1 amide bonds. The molecule has 0 aliphatic rings. The molecule has 4 nitrogen and oxygen atoms in total. The minimum absolute atomic E-state index is 0.0628. The van der Waals surface area contributed by atoms with Crippen LogP contribution in [0.1, 0.15) is 34.4 Å². The zero-order valence-corrected chi connectivity index (χ0v) is 11.9. The van der Waals surface area contributed by atoms with Crippen LogP contribution in [0.15, 0.2) is 40.8 Å². The quantitative estimate of drug-likeness (QED) is 0.849. The van der Waals surface area contributed by atoms with Crippen LogP contribution >= 0.6 is 0 Å². The Hall–Kier alpha value is -2.07. The lowest BCUT2D eigenvalue weighted by Gasteiger charge is -2.05. The number of carbonyl (C=O) groups is 1. The van der Waals surface area contributed by atoms with Gasteiger partial charge in [-0.05, 0) is 29.8 Å². The van der Waals surface area contributed by atoms with Gasteiger partial charge in [0.05, 0.1) is 6.54 Å². The number of amides is 1. The summed E-state index contributed by atoms with van der Waals surface area (Å²) in [5, 5.41) is 5.93. The smallest absolute Gasteiger partial charge is 0.251 e. The summed E-state index contributed by atoms with van der Waals surface area (Å²) in [4.78, 5) is 11.4. The van der Waals surface area contributed by atoms with Crippen molar-refractivity contribution in [1.29, 1.82) is 0 Å². The predicted octanol–water partition coefficient (Wildman–Crippen LogP) is 2.49. The van der Waals surface area contributed by atoms with Gasteiger partial charge >= 0.3 is 0 Å². The van der Waals surface area contributed by atoms with Crippen molar-refractivity contribution in [3.63, 3.8) is 0 Å². The van der Waals surface area contributed by atoms with Crippen LogP contribution in [-0.4, -0.2) is 13.0 Å². The van der Waals surface area contributed by atoms with E-state index in [0.29, 0.717) is 12.1 Å². The Morgan fingerprint density at radius 3 is 2.35 bits per heavy atom. The normalized spacial score (nSPS) is 10.5. The first-order valence-electron chi connectivity index (χ1n) is 6.82. The molecule has 0 spiro atoms. The summed E-state index contributed by atoms with van der Waals surface area (Å²) in [5.41, 5.74) is 1.81. The minimum atomic E-state index is -0.0628. The summed E-state index contributed by atoms with van der Waals surface area (Å²) in [7, 11) is 1.63. The Balaban J connectivity index is 1.83. The average molecular weight is 272 g/mol. The number of hydrogen-bond acceptors (Lipinski definition) is 3. The Morgan fingerprint density at radius 1 is 1.05 bits per heavy atom. The highest BCUT2D eigenvalue weighted by atomic mass is 16.3. The van der Waals surface area contributed by atoms with E-state index in [1.54, 1.807) is 7.05 Å². The van der Waals surface area contributed by atoms with Gasteiger partial charge in [0, 0.05) is 25.6 Å². The number of aryl methyl sites for hydroxylation is 1. The molecule has 1 aromatic heterocycles. The van der Waals surface area contributed by atoms with Crippen molar-refractivity contribution >= 4 is 5.91 Å². The molecule has 0 saturated carbocycles. The number of rotatable bonds is 6. The number of carbonyl (C=O) groups excluding carboxylic acids is 1. The molecular weight excluding hydrogens is 252 g/mol. The van der Waals surface area contributed by atoms with E-state index in [0.717, 1.165) is 30.0 Å². The van der Waals surface area contributed by atoms with Gasteiger partial charge in [-0.3, -0.25) is 4.79 Å². The molecule has 0 bridgehead atoms. The molecule has 0 aliphatic carbocycles. The van der Waals surface area contributed by atoms with Crippen molar-refractivity contribution in [3.8, 4) is 0 Å². The first kappa shape index (κ1) is 14.3. The second-order valence-corrected chi connectivity index (χ2v) is 4.60. The van der Waals surface area contributed by atoms with Gasteiger partial charge < -0.3 is 15.1 Å². The highest BCUT2D eigenvalue weighted by molar-refractivity contribution is 5.93. The van der Waals surface area contributed by atoms with Crippen molar-refractivity contribution in [1.82, 2.24) is 10.6 Å². The van der Waals surface area contributed by atoms with E-state index in [4.69, 9.17) is 4.42 Å². The monoisotopic (exact) mass is 272 g/mol. The van der Waals surface area contributed by atoms with Gasteiger partial charge in [-0.2, -0.15) is 0 Å². The fourth-order valence-corrected chi connectivity index (χ4v) is 1.96. The first-order valence-corrected chi connectivity index (χ1v) is 6.82. The van der Waals surface area contributed by atoms with Crippen LogP contribution < -0.4 is 10.6 Å². The van der Waals surface area contributed by atoms with E-state index < -0.39 is 0 Å². The molecule has 106 valence electrons. The van der Waals surface area contributed by atoms with Gasteiger partial charge in [-0.15, -0.1) is 0 Å². The van der Waals surface area contributed by atoms with Crippen molar-refractivity contribution in [2.24, 2.45) is 0 Å². The van der Waals surface area contributed by atoms with Crippen molar-refractivity contribution in [2.45, 2.75) is 26.4 Å². The SMILES string of the molecule is CCc1ccc(CNCc2ccc(C(=O)NC)cc2)o1. The number of benzene rings is 1. The minimum Gasteiger partial charge on any atom is -0.465 e. The Morgan fingerprint density at radius 2 is 1.75 bits per heavy atom. The third-order valence-corrected chi connectivity index (χ3v) is 3.14. The van der Waals surface area contributed by atoms with E-state index in [2.05, 4.69) is 17.6 Å². The van der Waals surface area contributed by atoms with Crippen LogP contribution in [-0.2, 0) is 19.5 Å². The third-order valence-electron chi connectivity index (χ3n) is 3.14. The molecule has 0 unspecified atom stereocenters. The molecule has 0 fully saturated rings. The summed E-state index contributed by atoms with van der Waals surface area (Å²) in [6.07, 6.45) is 0.918. The van der Waals surface area contributed by atoms with E-state index in [1.807, 2.05) is 36.4 Å². The molecule has 2 aromatic rings. The van der Waals surface area contributed by atoms with Gasteiger partial charge in [0.2, 0.25) is 0 Å². The molecule has 2 N–H and O–H groups in total. The Kier molecular flexibility index (Phi) is 4.96. The molecule has 0 aliphatic heterocycles. The van der Waals surface area contributed by atoms with Gasteiger partial charge in [0.1, 0.15) is 11.5 Å². The van der Waals surface area contributed by atoms with Crippen molar-refractivity contribution in [3.05, 3.63) is 59.0 Å². The lowest BCUT2D eigenvalue weighted by Crippen LogP contribution is -2.18. The summed E-state index contributed by atoms with van der Waals surface area (Å²) < 4.78 is 5.62. The highest BCUT2D eigenvalue weighted by Crippen LogP contribution is 2.09. The van der Waals surface area contributed by atoms with E-state index in [1.165, 1.54) is 0 Å². The largest absolute Gasteiger partial charge is 0.465 e. The van der Waals surface area contributed by atoms with Gasteiger partial charge in [-0.25, -0.2) is 0 Å². The maximum absolute atomic E-state index is 11.4. The Labute approximate surface area is 119 Å². The standard InChI is InChI=1S/C16H20N2O2/c1-3-14-8-9-15(20-14)11-18-10-12-4-6-13(7-5-12)16(19)17-2/h4-9,18H,3,10-11H2,1-2H3,(H,17,19). The molecule has 1 heterocycles. The lowest BCUT2D eigenvalue weighted by atomic mass is 10.1. The van der Waals surface area contributed by atoms with Crippen LogP contribution in [0.2, 0.25) is 0 Å². The van der Waals surface area contributed by atoms with E-state index >= 15 is 0 Å². The zero-order chi connectivity index (χ0) is 14.4. The van der Waals surface area contributed by atoms with Crippen LogP contribution in [0.5, 0.6) is 0 Å². The maximum atomic E-state index is 11.4. The van der Waals surface area contributed by atoms with Crippen LogP contribution in [0.4, 0.5) is 0 Å². The summed E-state index contributed by atoms with van der Waals surface area (Å²) >= 11 is 0. The van der Waals surface area contributed by atoms with Crippen LogP contribution in [0, 0.1) is 0 Å². The molecule has 0 atom stereocenters. The number of nitrogens with one attached hydrogen (secondary N) is 2. The van der Waals surface area contributed by atoms with Gasteiger partial charge in [0.15, 0.2) is 0 Å². The van der Waals surface area contributed by atoms with E-state index in [9.17, 15) is 4.79 Å². The van der Waals surface area contributed by atoms with Gasteiger partial charge in [0.25, 0.3) is 5.91 Å². The average Bonchev–Trinajstić information content (AvgIpc) is 2.95. The molecule has 2 rings (SSSR count). The second kappa shape index (κ2) is 6.91. The third kappa shape index (κ3) is 3.71. The zero-order valence-electron chi connectivity index (χ0n) is 11.9. The summed E-state index contributed by atoms with van der Waals surface area (Å²) in [5.74, 6) is 1.90. The summed E-state index contributed by atoms with van der Waals surface area (Å²) in [6.45, 7) is 3.53. The lowest BCUT2D eigenvalue weighted by molar-refractivity contribution is 0.0963. The summed E-state index contributed by atoms with van der Waals surface area (Å²) in [6, 6.07) is 11.6. The molecule has 0 saturated heterocycles. The fraction of sp³-hybridized carbons (Fsp3) is 0.312. The molecule has 1 aromatic carbocycles. The molecule has 20 heavy (non-hydrogen) atoms. The van der Waals surface area contributed by atoms with E-state index in [-0.39, 0.29) is 5.91 Å². The predicted molar refractivity (Wildman–Crippen MR) is 78.5 cm³/mol. The number of hydrogen-bond donors (Lipinski definition) is 2. The van der Waals surface area contributed by atoms with Crippen molar-refractivity contribution < 1.29 is 9.21 Å². The Bertz CT molecular complexity index is 558. The first-order chi connectivity index (χ1) is 9.72. The van der Waals surface area contributed by atoms with Crippen LogP contribution in [0.3, 0.4) is 0 Å². The maximum Gasteiger partial charge on any atom is 0.251 e. The highest BCUT2D eigenvalue weighted by Gasteiger charge is 2.03.